The Morgan fingerprint density at radius 1 is 1.00 bits per heavy atom. The molecule has 0 aliphatic carbocycles. The minimum absolute atomic E-state index is 0.746. The topological polar surface area (TPSA) is 44.3 Å². The Morgan fingerprint density at radius 3 is 2.71 bits per heavy atom. The van der Waals surface area contributed by atoms with Crippen LogP contribution in [0.15, 0.2) is 90.5 Å². The van der Waals surface area contributed by atoms with Crippen LogP contribution in [0.3, 0.4) is 0 Å². The summed E-state index contributed by atoms with van der Waals surface area (Å²) in [7, 11) is 1.68. The molecule has 31 heavy (non-hydrogen) atoms. The molecular formula is C25H22N4OS. The first-order valence-corrected chi connectivity index (χ1v) is 11.0. The van der Waals surface area contributed by atoms with Crippen LogP contribution in [0.2, 0.25) is 0 Å². The van der Waals surface area contributed by atoms with Crippen LogP contribution in [0.1, 0.15) is 11.3 Å². The molecule has 0 aliphatic heterocycles. The zero-order chi connectivity index (χ0) is 21.2. The number of hydrogen-bond donors (Lipinski definition) is 0. The average molecular weight is 427 g/mol. The van der Waals surface area contributed by atoms with Crippen LogP contribution in [-0.2, 0) is 5.75 Å². The number of ether oxygens (including phenoxy) is 1. The van der Waals surface area contributed by atoms with Gasteiger partial charge in [0.25, 0.3) is 0 Å². The third kappa shape index (κ3) is 3.82. The summed E-state index contributed by atoms with van der Waals surface area (Å²) in [6.07, 6.45) is 5.96. The zero-order valence-corrected chi connectivity index (χ0v) is 18.2. The Hall–Kier alpha value is -3.51. The van der Waals surface area contributed by atoms with Crippen LogP contribution in [0.25, 0.3) is 22.6 Å². The summed E-state index contributed by atoms with van der Waals surface area (Å²) in [6.45, 7) is 2.11. The van der Waals surface area contributed by atoms with Crippen LogP contribution >= 0.6 is 11.8 Å². The molecule has 3 heterocycles. The minimum Gasteiger partial charge on any atom is -0.497 e. The molecular weight excluding hydrogens is 404 g/mol. The molecule has 0 saturated heterocycles. The van der Waals surface area contributed by atoms with Crippen LogP contribution < -0.4 is 4.74 Å². The van der Waals surface area contributed by atoms with Crippen molar-refractivity contribution in [1.82, 2.24) is 18.9 Å². The maximum absolute atomic E-state index is 5.38. The Morgan fingerprint density at radius 2 is 1.87 bits per heavy atom. The smallest absolute Gasteiger partial charge is 0.172 e. The first-order chi connectivity index (χ1) is 15.2. The molecule has 3 aromatic heterocycles. The highest BCUT2D eigenvalue weighted by Gasteiger charge is 2.16. The number of hydrogen-bond acceptors (Lipinski definition) is 4. The molecule has 154 valence electrons. The fourth-order valence-electron chi connectivity index (χ4n) is 3.65. The standard InChI is InChI=1S/C25H22N4OS/c1-18-11-12-23-27-24(19-7-4-3-5-8-19)22(29(23)16-18)17-31-25-26-13-14-28(25)20-9-6-10-21(15-20)30-2/h3-16H,17H2,1-2H3. The predicted molar refractivity (Wildman–Crippen MR) is 125 cm³/mol. The first kappa shape index (κ1) is 19.5. The van der Waals surface area contributed by atoms with Gasteiger partial charge in [-0.1, -0.05) is 54.2 Å². The summed E-state index contributed by atoms with van der Waals surface area (Å²) >= 11 is 1.70. The number of rotatable bonds is 6. The number of imidazole rings is 2. The van der Waals surface area contributed by atoms with E-state index in [2.05, 4.69) is 69.5 Å². The quantitative estimate of drug-likeness (QED) is 0.322. The summed E-state index contributed by atoms with van der Waals surface area (Å²) in [5.74, 6) is 1.57. The van der Waals surface area contributed by atoms with Crippen molar-refractivity contribution in [2.24, 2.45) is 0 Å². The number of methoxy groups -OCH3 is 1. The van der Waals surface area contributed by atoms with Crippen molar-refractivity contribution < 1.29 is 4.74 Å². The van der Waals surface area contributed by atoms with Gasteiger partial charge >= 0.3 is 0 Å². The molecule has 0 spiro atoms. The number of pyridine rings is 1. The van der Waals surface area contributed by atoms with Gasteiger partial charge in [-0.05, 0) is 30.7 Å². The Labute approximate surface area is 185 Å². The molecule has 0 aliphatic rings. The largest absolute Gasteiger partial charge is 0.497 e. The lowest BCUT2D eigenvalue weighted by molar-refractivity contribution is 0.414. The van der Waals surface area contributed by atoms with Gasteiger partial charge in [0.2, 0.25) is 0 Å². The van der Waals surface area contributed by atoms with Crippen LogP contribution in [0.4, 0.5) is 0 Å². The first-order valence-electron chi connectivity index (χ1n) is 10.1. The summed E-state index contributed by atoms with van der Waals surface area (Å²) in [5.41, 5.74) is 6.48. The molecule has 5 aromatic rings. The van der Waals surface area contributed by atoms with Gasteiger partial charge in [-0.25, -0.2) is 9.97 Å². The molecule has 6 heteroatoms. The molecule has 2 aromatic carbocycles. The van der Waals surface area contributed by atoms with E-state index in [0.717, 1.165) is 44.9 Å². The lowest BCUT2D eigenvalue weighted by Crippen LogP contribution is -1.98. The molecule has 0 N–H and O–H groups in total. The molecule has 0 amide bonds. The second-order valence-corrected chi connectivity index (χ2v) is 8.22. The van der Waals surface area contributed by atoms with Crippen LogP contribution in [0, 0.1) is 6.92 Å². The number of nitrogens with zero attached hydrogens (tertiary/aromatic N) is 4. The normalized spacial score (nSPS) is 11.2. The zero-order valence-electron chi connectivity index (χ0n) is 17.4. The predicted octanol–water partition coefficient (Wildman–Crippen LogP) is 5.80. The molecule has 5 nitrogen and oxygen atoms in total. The van der Waals surface area contributed by atoms with E-state index >= 15 is 0 Å². The van der Waals surface area contributed by atoms with Crippen molar-refractivity contribution >= 4 is 17.4 Å². The second-order valence-electron chi connectivity index (χ2n) is 7.28. The van der Waals surface area contributed by atoms with E-state index in [4.69, 9.17) is 9.72 Å². The van der Waals surface area contributed by atoms with Gasteiger partial charge in [-0.2, -0.15) is 0 Å². The third-order valence-corrected chi connectivity index (χ3v) is 6.17. The van der Waals surface area contributed by atoms with Crippen molar-refractivity contribution in [3.8, 4) is 22.7 Å². The van der Waals surface area contributed by atoms with E-state index in [1.54, 1.807) is 18.9 Å². The number of benzene rings is 2. The van der Waals surface area contributed by atoms with E-state index < -0.39 is 0 Å². The van der Waals surface area contributed by atoms with E-state index in [9.17, 15) is 0 Å². The van der Waals surface area contributed by atoms with E-state index in [1.807, 2.05) is 36.7 Å². The van der Waals surface area contributed by atoms with Crippen molar-refractivity contribution in [3.63, 3.8) is 0 Å². The lowest BCUT2D eigenvalue weighted by Gasteiger charge is -2.10. The maximum atomic E-state index is 5.38. The van der Waals surface area contributed by atoms with Crippen molar-refractivity contribution in [3.05, 3.63) is 96.6 Å². The Bertz CT molecular complexity index is 1340. The van der Waals surface area contributed by atoms with Crippen molar-refractivity contribution in [1.29, 1.82) is 0 Å². The van der Waals surface area contributed by atoms with Crippen molar-refractivity contribution in [2.45, 2.75) is 17.8 Å². The molecule has 0 bridgehead atoms. The Kier molecular flexibility index (Phi) is 5.22. The molecule has 0 unspecified atom stereocenters. The highest BCUT2D eigenvalue weighted by molar-refractivity contribution is 7.98. The molecule has 0 radical (unpaired) electrons. The van der Waals surface area contributed by atoms with E-state index in [-0.39, 0.29) is 0 Å². The van der Waals surface area contributed by atoms with Crippen molar-refractivity contribution in [2.75, 3.05) is 7.11 Å². The number of fused-ring (bicyclic) bond motifs is 1. The van der Waals surface area contributed by atoms with E-state index in [0.29, 0.717) is 0 Å². The van der Waals surface area contributed by atoms with Gasteiger partial charge in [0.15, 0.2) is 5.16 Å². The lowest BCUT2D eigenvalue weighted by atomic mass is 10.1. The monoisotopic (exact) mass is 426 g/mol. The van der Waals surface area contributed by atoms with Crippen LogP contribution in [0.5, 0.6) is 5.75 Å². The van der Waals surface area contributed by atoms with Gasteiger partial charge in [0.05, 0.1) is 24.2 Å². The summed E-state index contributed by atoms with van der Waals surface area (Å²) in [5, 5.41) is 0.926. The summed E-state index contributed by atoms with van der Waals surface area (Å²) < 4.78 is 9.67. The van der Waals surface area contributed by atoms with Gasteiger partial charge in [-0.15, -0.1) is 0 Å². The fraction of sp³-hybridized carbons (Fsp3) is 0.120. The van der Waals surface area contributed by atoms with E-state index in [1.165, 1.54) is 5.56 Å². The second kappa shape index (κ2) is 8.32. The van der Waals surface area contributed by atoms with Gasteiger partial charge < -0.3 is 9.14 Å². The van der Waals surface area contributed by atoms with Gasteiger partial charge in [0, 0.05) is 36.0 Å². The molecule has 0 atom stereocenters. The fourth-order valence-corrected chi connectivity index (χ4v) is 4.63. The summed E-state index contributed by atoms with van der Waals surface area (Å²) in [4.78, 5) is 9.54. The molecule has 0 saturated carbocycles. The van der Waals surface area contributed by atoms with Gasteiger partial charge in [0.1, 0.15) is 11.4 Å². The molecule has 0 fully saturated rings. The summed E-state index contributed by atoms with van der Waals surface area (Å²) in [6, 6.07) is 22.5. The minimum atomic E-state index is 0.746. The number of thioether (sulfide) groups is 1. The number of aryl methyl sites for hydroxylation is 1. The number of aromatic nitrogens is 4. The van der Waals surface area contributed by atoms with Crippen LogP contribution in [-0.4, -0.2) is 26.0 Å². The highest BCUT2D eigenvalue weighted by Crippen LogP contribution is 2.31. The SMILES string of the molecule is COc1cccc(-n2ccnc2SCc2c(-c3ccccc3)nc3ccc(C)cn23)c1. The third-order valence-electron chi connectivity index (χ3n) is 5.19. The Balaban J connectivity index is 1.52. The maximum Gasteiger partial charge on any atom is 0.172 e. The van der Waals surface area contributed by atoms with Gasteiger partial charge in [-0.3, -0.25) is 4.57 Å². The molecule has 5 rings (SSSR count). The highest BCUT2D eigenvalue weighted by atomic mass is 32.2. The average Bonchev–Trinajstić information content (AvgIpc) is 3.42.